The van der Waals surface area contributed by atoms with Crippen LogP contribution in [0, 0.1) is 11.7 Å². The van der Waals surface area contributed by atoms with Crippen LogP contribution < -0.4 is 0 Å². The maximum absolute atomic E-state index is 12.6. The van der Waals surface area contributed by atoms with E-state index >= 15 is 0 Å². The second kappa shape index (κ2) is 8.16. The van der Waals surface area contributed by atoms with Gasteiger partial charge in [0.2, 0.25) is 0 Å². The van der Waals surface area contributed by atoms with Gasteiger partial charge in [0.05, 0.1) is 6.67 Å². The Balaban J connectivity index is 1.60. The number of halogens is 1. The molecule has 138 valence electrons. The Hall–Kier alpha value is -1.96. The SMILES string of the molecule is C=CCn1c(C)nn(CN2CCN(C(=O)c3ccc(Cl)cc3)CC2)c1=S. The third-order valence-corrected chi connectivity index (χ3v) is 5.19. The molecule has 1 saturated heterocycles. The van der Waals surface area contributed by atoms with E-state index in [4.69, 9.17) is 23.8 Å². The molecule has 2 heterocycles. The van der Waals surface area contributed by atoms with E-state index in [0.717, 1.165) is 18.9 Å². The first-order chi connectivity index (χ1) is 12.5. The van der Waals surface area contributed by atoms with Gasteiger partial charge < -0.3 is 9.47 Å². The van der Waals surface area contributed by atoms with Gasteiger partial charge in [0.1, 0.15) is 5.82 Å². The summed E-state index contributed by atoms with van der Waals surface area (Å²) in [6.45, 7) is 9.93. The molecule has 2 aromatic rings. The van der Waals surface area contributed by atoms with E-state index in [9.17, 15) is 4.79 Å². The molecular weight excluding hydrogens is 370 g/mol. The highest BCUT2D eigenvalue weighted by molar-refractivity contribution is 7.71. The Morgan fingerprint density at radius 1 is 1.27 bits per heavy atom. The molecular formula is C18H22ClN5OS. The van der Waals surface area contributed by atoms with E-state index < -0.39 is 0 Å². The quantitative estimate of drug-likeness (QED) is 0.580. The van der Waals surface area contributed by atoms with Crippen molar-refractivity contribution in [2.45, 2.75) is 20.1 Å². The molecule has 0 saturated carbocycles. The van der Waals surface area contributed by atoms with E-state index in [2.05, 4.69) is 16.6 Å². The van der Waals surface area contributed by atoms with Crippen LogP contribution in [0.1, 0.15) is 16.2 Å². The Morgan fingerprint density at radius 3 is 2.54 bits per heavy atom. The van der Waals surface area contributed by atoms with Gasteiger partial charge in [-0.1, -0.05) is 17.7 Å². The van der Waals surface area contributed by atoms with Crippen LogP contribution >= 0.6 is 23.8 Å². The van der Waals surface area contributed by atoms with Crippen LogP contribution in [-0.4, -0.2) is 56.2 Å². The molecule has 0 spiro atoms. The van der Waals surface area contributed by atoms with Crippen LogP contribution in [0.3, 0.4) is 0 Å². The first-order valence-corrected chi connectivity index (χ1v) is 9.30. The number of aryl methyl sites for hydroxylation is 1. The second-order valence-electron chi connectivity index (χ2n) is 6.29. The number of amides is 1. The zero-order chi connectivity index (χ0) is 18.7. The number of piperazine rings is 1. The third kappa shape index (κ3) is 4.06. The number of benzene rings is 1. The van der Waals surface area contributed by atoms with Crippen molar-refractivity contribution in [2.24, 2.45) is 0 Å². The summed E-state index contributed by atoms with van der Waals surface area (Å²) in [6, 6.07) is 7.03. The minimum atomic E-state index is 0.0454. The van der Waals surface area contributed by atoms with Crippen LogP contribution in [0.5, 0.6) is 0 Å². The fourth-order valence-corrected chi connectivity index (χ4v) is 3.47. The molecule has 1 aliphatic heterocycles. The van der Waals surface area contributed by atoms with Crippen molar-refractivity contribution in [3.8, 4) is 0 Å². The Bertz CT molecular complexity index is 849. The maximum Gasteiger partial charge on any atom is 0.253 e. The zero-order valence-electron chi connectivity index (χ0n) is 14.8. The number of hydrogen-bond acceptors (Lipinski definition) is 4. The highest BCUT2D eigenvalue weighted by Gasteiger charge is 2.22. The molecule has 26 heavy (non-hydrogen) atoms. The summed E-state index contributed by atoms with van der Waals surface area (Å²) in [5.74, 6) is 0.926. The van der Waals surface area contributed by atoms with Crippen molar-refractivity contribution in [3.63, 3.8) is 0 Å². The highest BCUT2D eigenvalue weighted by atomic mass is 35.5. The lowest BCUT2D eigenvalue weighted by atomic mass is 10.2. The van der Waals surface area contributed by atoms with Crippen molar-refractivity contribution < 1.29 is 4.79 Å². The minimum absolute atomic E-state index is 0.0454. The monoisotopic (exact) mass is 391 g/mol. The van der Waals surface area contributed by atoms with Crippen LogP contribution in [-0.2, 0) is 13.2 Å². The predicted molar refractivity (Wildman–Crippen MR) is 105 cm³/mol. The molecule has 0 radical (unpaired) electrons. The van der Waals surface area contributed by atoms with Crippen molar-refractivity contribution in [1.29, 1.82) is 0 Å². The molecule has 0 unspecified atom stereocenters. The fourth-order valence-electron chi connectivity index (χ4n) is 3.04. The van der Waals surface area contributed by atoms with Crippen LogP contribution in [0.4, 0.5) is 0 Å². The first kappa shape index (κ1) is 18.8. The summed E-state index contributed by atoms with van der Waals surface area (Å²) < 4.78 is 4.50. The van der Waals surface area contributed by atoms with E-state index in [-0.39, 0.29) is 5.91 Å². The summed E-state index contributed by atoms with van der Waals surface area (Å²) in [7, 11) is 0. The Labute approximate surface area is 163 Å². The van der Waals surface area contributed by atoms with Gasteiger partial charge in [0.15, 0.2) is 4.77 Å². The largest absolute Gasteiger partial charge is 0.336 e. The predicted octanol–water partition coefficient (Wildman–Crippen LogP) is 2.98. The van der Waals surface area contributed by atoms with Gasteiger partial charge >= 0.3 is 0 Å². The summed E-state index contributed by atoms with van der Waals surface area (Å²) in [4.78, 5) is 16.7. The molecule has 0 bridgehead atoms. The van der Waals surface area contributed by atoms with Crippen molar-refractivity contribution in [1.82, 2.24) is 24.1 Å². The summed E-state index contributed by atoms with van der Waals surface area (Å²) in [5.41, 5.74) is 0.670. The molecule has 0 aliphatic carbocycles. The normalized spacial score (nSPS) is 15.2. The third-order valence-electron chi connectivity index (χ3n) is 4.50. The summed E-state index contributed by atoms with van der Waals surface area (Å²) in [6.07, 6.45) is 1.82. The average Bonchev–Trinajstić information content (AvgIpc) is 2.90. The summed E-state index contributed by atoms with van der Waals surface area (Å²) in [5, 5.41) is 5.16. The molecule has 8 heteroatoms. The standard InChI is InChI=1S/C18H22ClN5OS/c1-3-8-23-14(2)20-24(18(23)26)13-21-9-11-22(12-10-21)17(25)15-4-6-16(19)7-5-15/h3-7H,1,8-13H2,2H3. The lowest BCUT2D eigenvalue weighted by Gasteiger charge is -2.34. The van der Waals surface area contributed by atoms with Gasteiger partial charge in [-0.3, -0.25) is 9.69 Å². The van der Waals surface area contributed by atoms with Gasteiger partial charge in [-0.25, -0.2) is 4.68 Å². The average molecular weight is 392 g/mol. The molecule has 0 atom stereocenters. The molecule has 1 aliphatic rings. The van der Waals surface area contributed by atoms with Crippen LogP contribution in [0.25, 0.3) is 0 Å². The molecule has 1 aromatic carbocycles. The maximum atomic E-state index is 12.6. The van der Waals surface area contributed by atoms with Gasteiger partial charge in [0, 0.05) is 43.3 Å². The molecule has 6 nitrogen and oxygen atoms in total. The van der Waals surface area contributed by atoms with Gasteiger partial charge in [-0.15, -0.1) is 6.58 Å². The number of hydrogen-bond donors (Lipinski definition) is 0. The first-order valence-electron chi connectivity index (χ1n) is 8.52. The second-order valence-corrected chi connectivity index (χ2v) is 7.09. The molecule has 3 rings (SSSR count). The van der Waals surface area contributed by atoms with E-state index in [0.29, 0.717) is 41.7 Å². The fraction of sp³-hybridized carbons (Fsp3) is 0.389. The zero-order valence-corrected chi connectivity index (χ0v) is 16.3. The number of carbonyl (C=O) groups is 1. The van der Waals surface area contributed by atoms with Gasteiger partial charge in [0.25, 0.3) is 5.91 Å². The Morgan fingerprint density at radius 2 is 1.92 bits per heavy atom. The number of aromatic nitrogens is 3. The van der Waals surface area contributed by atoms with Gasteiger partial charge in [-0.05, 0) is 43.4 Å². The highest BCUT2D eigenvalue weighted by Crippen LogP contribution is 2.13. The van der Waals surface area contributed by atoms with Gasteiger partial charge in [-0.2, -0.15) is 5.10 Å². The van der Waals surface area contributed by atoms with E-state index in [1.165, 1.54) is 0 Å². The molecule has 1 aromatic heterocycles. The lowest BCUT2D eigenvalue weighted by molar-refractivity contribution is 0.0585. The minimum Gasteiger partial charge on any atom is -0.336 e. The van der Waals surface area contributed by atoms with Crippen molar-refractivity contribution in [2.75, 3.05) is 26.2 Å². The number of allylic oxidation sites excluding steroid dienone is 1. The smallest absolute Gasteiger partial charge is 0.253 e. The van der Waals surface area contributed by atoms with Crippen molar-refractivity contribution >= 4 is 29.7 Å². The number of carbonyl (C=O) groups excluding carboxylic acids is 1. The molecule has 0 N–H and O–H groups in total. The summed E-state index contributed by atoms with van der Waals surface area (Å²) >= 11 is 11.4. The van der Waals surface area contributed by atoms with Crippen LogP contribution in [0.2, 0.25) is 5.02 Å². The molecule has 1 fully saturated rings. The molecule has 1 amide bonds. The lowest BCUT2D eigenvalue weighted by Crippen LogP contribution is -2.49. The van der Waals surface area contributed by atoms with E-state index in [1.807, 2.05) is 27.1 Å². The Kier molecular flexibility index (Phi) is 5.90. The van der Waals surface area contributed by atoms with Crippen molar-refractivity contribution in [3.05, 3.63) is 58.1 Å². The van der Waals surface area contributed by atoms with E-state index in [1.54, 1.807) is 24.3 Å². The number of rotatable bonds is 5. The number of nitrogens with zero attached hydrogens (tertiary/aromatic N) is 5. The topological polar surface area (TPSA) is 46.3 Å². The van der Waals surface area contributed by atoms with Crippen LogP contribution in [0.15, 0.2) is 36.9 Å².